The number of hydrogen-bond acceptors (Lipinski definition) is 3. The van der Waals surface area contributed by atoms with E-state index < -0.39 is 0 Å². The Morgan fingerprint density at radius 3 is 2.82 bits per heavy atom. The smallest absolute Gasteiger partial charge is 0.228 e. The van der Waals surface area contributed by atoms with E-state index in [4.69, 9.17) is 11.6 Å². The lowest BCUT2D eigenvalue weighted by molar-refractivity contribution is -0.131. The van der Waals surface area contributed by atoms with E-state index in [1.807, 2.05) is 60.4 Å². The first-order valence-electron chi connectivity index (χ1n) is 6.97. The van der Waals surface area contributed by atoms with Crippen LogP contribution in [0, 0.1) is 0 Å². The summed E-state index contributed by atoms with van der Waals surface area (Å²) >= 11 is 7.47. The first kappa shape index (κ1) is 15.1. The van der Waals surface area contributed by atoms with Gasteiger partial charge in [-0.3, -0.25) is 9.20 Å². The molecular weight excluding hydrogens is 318 g/mol. The molecule has 1 atom stereocenters. The molecule has 2 heterocycles. The van der Waals surface area contributed by atoms with Gasteiger partial charge in [0.15, 0.2) is 4.96 Å². The van der Waals surface area contributed by atoms with E-state index in [0.29, 0.717) is 11.4 Å². The van der Waals surface area contributed by atoms with Crippen molar-refractivity contribution >= 4 is 33.8 Å². The van der Waals surface area contributed by atoms with Crippen LogP contribution in [0.2, 0.25) is 5.02 Å². The number of benzene rings is 1. The Hall–Kier alpha value is -1.85. The third-order valence-electron chi connectivity index (χ3n) is 3.80. The summed E-state index contributed by atoms with van der Waals surface area (Å²) in [6.45, 7) is 2.01. The number of thiazole rings is 1. The lowest BCUT2D eigenvalue weighted by Crippen LogP contribution is -2.31. The fourth-order valence-corrected chi connectivity index (χ4v) is 3.17. The molecule has 0 aliphatic carbocycles. The number of halogens is 1. The summed E-state index contributed by atoms with van der Waals surface area (Å²) in [4.78, 5) is 19.6. The molecule has 2 aromatic heterocycles. The largest absolute Gasteiger partial charge is 0.339 e. The Morgan fingerprint density at radius 1 is 1.41 bits per heavy atom. The van der Waals surface area contributed by atoms with Gasteiger partial charge in [-0.25, -0.2) is 4.98 Å². The van der Waals surface area contributed by atoms with Crippen molar-refractivity contribution < 1.29 is 4.79 Å². The Morgan fingerprint density at radius 2 is 2.14 bits per heavy atom. The highest BCUT2D eigenvalue weighted by Crippen LogP contribution is 2.21. The van der Waals surface area contributed by atoms with E-state index >= 15 is 0 Å². The highest BCUT2D eigenvalue weighted by Gasteiger charge is 2.18. The van der Waals surface area contributed by atoms with Crippen LogP contribution in [-0.4, -0.2) is 27.2 Å². The highest BCUT2D eigenvalue weighted by atomic mass is 35.5. The molecule has 4 nitrogen and oxygen atoms in total. The summed E-state index contributed by atoms with van der Waals surface area (Å²) in [5.41, 5.74) is 1.86. The second-order valence-electron chi connectivity index (χ2n) is 5.23. The highest BCUT2D eigenvalue weighted by molar-refractivity contribution is 7.15. The Labute approximate surface area is 138 Å². The number of hydrogen-bond donors (Lipinski definition) is 0. The van der Waals surface area contributed by atoms with Crippen LogP contribution in [0.1, 0.15) is 24.2 Å². The van der Waals surface area contributed by atoms with E-state index in [-0.39, 0.29) is 11.9 Å². The van der Waals surface area contributed by atoms with Crippen molar-refractivity contribution in [2.75, 3.05) is 7.05 Å². The molecule has 0 radical (unpaired) electrons. The summed E-state index contributed by atoms with van der Waals surface area (Å²) in [5, 5.41) is 2.67. The molecule has 1 aromatic carbocycles. The molecule has 0 spiro atoms. The van der Waals surface area contributed by atoms with Gasteiger partial charge in [-0.05, 0) is 24.6 Å². The zero-order valence-corrected chi connectivity index (χ0v) is 13.9. The Bertz CT molecular complexity index is 765. The topological polar surface area (TPSA) is 37.6 Å². The van der Waals surface area contributed by atoms with E-state index in [1.165, 1.54) is 0 Å². The molecule has 0 N–H and O–H groups in total. The molecule has 1 amide bonds. The van der Waals surface area contributed by atoms with E-state index in [2.05, 4.69) is 4.98 Å². The predicted molar refractivity (Wildman–Crippen MR) is 89.4 cm³/mol. The second-order valence-corrected chi connectivity index (χ2v) is 6.54. The van der Waals surface area contributed by atoms with Gasteiger partial charge in [0.1, 0.15) is 0 Å². The first-order valence-corrected chi connectivity index (χ1v) is 8.22. The van der Waals surface area contributed by atoms with Crippen LogP contribution in [0.4, 0.5) is 0 Å². The van der Waals surface area contributed by atoms with Crippen molar-refractivity contribution in [1.29, 1.82) is 0 Å². The average Bonchev–Trinajstić information content (AvgIpc) is 3.07. The van der Waals surface area contributed by atoms with Crippen molar-refractivity contribution in [3.63, 3.8) is 0 Å². The number of carbonyl (C=O) groups excluding carboxylic acids is 1. The minimum Gasteiger partial charge on any atom is -0.339 e. The third kappa shape index (κ3) is 3.00. The molecule has 22 heavy (non-hydrogen) atoms. The first-order chi connectivity index (χ1) is 10.5. The van der Waals surface area contributed by atoms with Gasteiger partial charge in [0.05, 0.1) is 18.2 Å². The van der Waals surface area contributed by atoms with Crippen LogP contribution in [-0.2, 0) is 11.2 Å². The number of carbonyl (C=O) groups is 1. The average molecular weight is 334 g/mol. The standard InChI is InChI=1S/C16H16ClN3OS/c1-11(12-3-5-13(17)6-4-12)19(2)15(21)9-14-10-20-7-8-22-16(20)18-14/h3-8,10-11H,9H2,1-2H3. The number of fused-ring (bicyclic) bond motifs is 1. The number of aromatic nitrogens is 2. The molecular formula is C16H16ClN3OS. The van der Waals surface area contributed by atoms with Crippen LogP contribution in [0.15, 0.2) is 42.0 Å². The number of rotatable bonds is 4. The summed E-state index contributed by atoms with van der Waals surface area (Å²) in [5.74, 6) is 0.0493. The normalized spacial score (nSPS) is 12.5. The predicted octanol–water partition coefficient (Wildman–Crippen LogP) is 3.81. The molecule has 6 heteroatoms. The zero-order valence-electron chi connectivity index (χ0n) is 12.4. The van der Waals surface area contributed by atoms with Crippen molar-refractivity contribution in [2.45, 2.75) is 19.4 Å². The maximum atomic E-state index is 12.4. The molecule has 0 saturated carbocycles. The summed E-state index contributed by atoms with van der Waals surface area (Å²) in [6.07, 6.45) is 4.16. The van der Waals surface area contributed by atoms with E-state index in [9.17, 15) is 4.79 Å². The fraction of sp³-hybridized carbons (Fsp3) is 0.250. The molecule has 0 aliphatic rings. The number of nitrogens with zero attached hydrogens (tertiary/aromatic N) is 3. The maximum Gasteiger partial charge on any atom is 0.228 e. The third-order valence-corrected chi connectivity index (χ3v) is 4.82. The van der Waals surface area contributed by atoms with Gasteiger partial charge in [-0.1, -0.05) is 23.7 Å². The molecule has 0 bridgehead atoms. The minimum absolute atomic E-state index is 0.00602. The molecule has 0 fully saturated rings. The Balaban J connectivity index is 1.70. The second kappa shape index (κ2) is 6.10. The fourth-order valence-electron chi connectivity index (χ4n) is 2.32. The number of likely N-dealkylation sites (N-methyl/N-ethyl adjacent to an activating group) is 1. The lowest BCUT2D eigenvalue weighted by atomic mass is 10.1. The Kier molecular flexibility index (Phi) is 4.18. The van der Waals surface area contributed by atoms with E-state index in [0.717, 1.165) is 16.2 Å². The van der Waals surface area contributed by atoms with Crippen molar-refractivity contribution in [1.82, 2.24) is 14.3 Å². The van der Waals surface area contributed by atoms with Gasteiger partial charge in [0, 0.05) is 29.8 Å². The molecule has 3 rings (SSSR count). The minimum atomic E-state index is -0.00602. The summed E-state index contributed by atoms with van der Waals surface area (Å²) in [6, 6.07) is 7.57. The lowest BCUT2D eigenvalue weighted by Gasteiger charge is -2.25. The zero-order chi connectivity index (χ0) is 15.7. The molecule has 1 unspecified atom stereocenters. The van der Waals surface area contributed by atoms with Gasteiger partial charge < -0.3 is 4.90 Å². The van der Waals surface area contributed by atoms with Crippen molar-refractivity contribution in [2.24, 2.45) is 0 Å². The van der Waals surface area contributed by atoms with Crippen LogP contribution >= 0.6 is 22.9 Å². The van der Waals surface area contributed by atoms with Crippen LogP contribution in [0.25, 0.3) is 4.96 Å². The SMILES string of the molecule is CC(c1ccc(Cl)cc1)N(C)C(=O)Cc1cn2ccsc2n1. The number of imidazole rings is 1. The van der Waals surface area contributed by atoms with Crippen molar-refractivity contribution in [3.8, 4) is 0 Å². The molecule has 0 saturated heterocycles. The number of amides is 1. The molecule has 114 valence electrons. The summed E-state index contributed by atoms with van der Waals surface area (Å²) < 4.78 is 1.94. The van der Waals surface area contributed by atoms with Crippen LogP contribution in [0.3, 0.4) is 0 Å². The van der Waals surface area contributed by atoms with Gasteiger partial charge in [0.2, 0.25) is 5.91 Å². The van der Waals surface area contributed by atoms with Gasteiger partial charge >= 0.3 is 0 Å². The van der Waals surface area contributed by atoms with Gasteiger partial charge in [0.25, 0.3) is 0 Å². The molecule has 0 aliphatic heterocycles. The monoisotopic (exact) mass is 333 g/mol. The van der Waals surface area contributed by atoms with Gasteiger partial charge in [-0.2, -0.15) is 0 Å². The molecule has 3 aromatic rings. The van der Waals surface area contributed by atoms with Crippen molar-refractivity contribution in [3.05, 3.63) is 58.3 Å². The quantitative estimate of drug-likeness (QED) is 0.728. The van der Waals surface area contributed by atoms with Gasteiger partial charge in [-0.15, -0.1) is 11.3 Å². The van der Waals surface area contributed by atoms with Crippen LogP contribution < -0.4 is 0 Å². The maximum absolute atomic E-state index is 12.4. The van der Waals surface area contributed by atoms with E-state index in [1.54, 1.807) is 16.2 Å². The summed E-state index contributed by atoms with van der Waals surface area (Å²) in [7, 11) is 1.82. The van der Waals surface area contributed by atoms with Crippen LogP contribution in [0.5, 0.6) is 0 Å².